The Morgan fingerprint density at radius 2 is 2.19 bits per heavy atom. The number of sulfonamides is 1. The van der Waals surface area contributed by atoms with Crippen molar-refractivity contribution in [1.29, 1.82) is 0 Å². The van der Waals surface area contributed by atoms with Gasteiger partial charge in [-0.2, -0.15) is 0 Å². The Morgan fingerprint density at radius 1 is 1.43 bits per heavy atom. The summed E-state index contributed by atoms with van der Waals surface area (Å²) in [5.41, 5.74) is 0.696. The first kappa shape index (κ1) is 16.5. The van der Waals surface area contributed by atoms with Gasteiger partial charge in [0, 0.05) is 23.5 Å². The van der Waals surface area contributed by atoms with Crippen molar-refractivity contribution in [3.8, 4) is 0 Å². The third-order valence-corrected chi connectivity index (χ3v) is 5.03. The van der Waals surface area contributed by atoms with Crippen molar-refractivity contribution in [1.82, 2.24) is 9.62 Å². The molecule has 1 heterocycles. The first-order valence-electron chi connectivity index (χ1n) is 7.07. The Labute approximate surface area is 131 Å². The number of nitrogens with one attached hydrogen (secondary N) is 1. The molecule has 1 atom stereocenters. The van der Waals surface area contributed by atoms with Gasteiger partial charge in [0.25, 0.3) is 0 Å². The van der Waals surface area contributed by atoms with E-state index in [0.717, 1.165) is 25.9 Å². The van der Waals surface area contributed by atoms with E-state index in [4.69, 9.17) is 11.6 Å². The highest BCUT2D eigenvalue weighted by atomic mass is 35.5. The van der Waals surface area contributed by atoms with Crippen molar-refractivity contribution in [2.24, 2.45) is 5.92 Å². The predicted molar refractivity (Wildman–Crippen MR) is 87.6 cm³/mol. The van der Waals surface area contributed by atoms with E-state index in [1.165, 1.54) is 11.5 Å². The zero-order valence-electron chi connectivity index (χ0n) is 12.1. The van der Waals surface area contributed by atoms with Crippen LogP contribution in [0.15, 0.2) is 29.7 Å². The second kappa shape index (κ2) is 7.40. The fraction of sp³-hybridized carbons (Fsp3) is 0.467. The summed E-state index contributed by atoms with van der Waals surface area (Å²) in [6.45, 7) is 2.52. The number of hydrogen-bond acceptors (Lipinski definition) is 3. The summed E-state index contributed by atoms with van der Waals surface area (Å²) < 4.78 is 26.6. The lowest BCUT2D eigenvalue weighted by Gasteiger charge is -2.29. The van der Waals surface area contributed by atoms with Crippen LogP contribution in [-0.2, 0) is 10.0 Å². The van der Waals surface area contributed by atoms with Crippen molar-refractivity contribution in [2.45, 2.75) is 12.8 Å². The van der Waals surface area contributed by atoms with E-state index in [1.54, 1.807) is 12.1 Å². The highest BCUT2D eigenvalue weighted by Crippen LogP contribution is 2.17. The molecule has 0 aliphatic carbocycles. The van der Waals surface area contributed by atoms with Gasteiger partial charge in [-0.1, -0.05) is 29.8 Å². The highest BCUT2D eigenvalue weighted by Gasteiger charge is 2.18. The lowest BCUT2D eigenvalue weighted by atomic mass is 9.99. The lowest BCUT2D eigenvalue weighted by molar-refractivity contribution is 0.211. The van der Waals surface area contributed by atoms with Crippen LogP contribution in [0.1, 0.15) is 18.4 Å². The number of nitrogens with zero attached hydrogens (tertiary/aromatic N) is 1. The number of hydrogen-bond donors (Lipinski definition) is 1. The molecule has 6 heteroatoms. The molecule has 0 amide bonds. The molecule has 0 aromatic heterocycles. The number of piperidine rings is 1. The van der Waals surface area contributed by atoms with Crippen LogP contribution < -0.4 is 4.72 Å². The summed E-state index contributed by atoms with van der Waals surface area (Å²) in [5, 5.41) is 1.72. The predicted octanol–water partition coefficient (Wildman–Crippen LogP) is 2.57. The van der Waals surface area contributed by atoms with Gasteiger partial charge in [-0.3, -0.25) is 0 Å². The number of likely N-dealkylation sites (tertiary alicyclic amines) is 1. The molecular formula is C15H21ClN2O2S. The van der Waals surface area contributed by atoms with Crippen molar-refractivity contribution >= 4 is 27.7 Å². The molecule has 1 aromatic rings. The molecule has 0 bridgehead atoms. The van der Waals surface area contributed by atoms with Gasteiger partial charge in [-0.15, -0.1) is 0 Å². The Balaban J connectivity index is 1.91. The second-order valence-corrected chi connectivity index (χ2v) is 7.55. The van der Waals surface area contributed by atoms with Gasteiger partial charge in [-0.05, 0) is 50.1 Å². The molecule has 1 aliphatic rings. The van der Waals surface area contributed by atoms with Gasteiger partial charge >= 0.3 is 0 Å². The van der Waals surface area contributed by atoms with E-state index in [1.807, 2.05) is 12.1 Å². The number of halogens is 1. The van der Waals surface area contributed by atoms with E-state index in [0.29, 0.717) is 23.0 Å². The third-order valence-electron chi connectivity index (χ3n) is 3.63. The minimum atomic E-state index is -3.42. The summed E-state index contributed by atoms with van der Waals surface area (Å²) in [6.07, 6.45) is 3.72. The molecule has 1 aliphatic heterocycles. The molecule has 21 heavy (non-hydrogen) atoms. The summed E-state index contributed by atoms with van der Waals surface area (Å²) >= 11 is 6.00. The molecule has 0 spiro atoms. The van der Waals surface area contributed by atoms with Crippen molar-refractivity contribution in [2.75, 3.05) is 26.7 Å². The SMILES string of the molecule is CN1CCCC(CNS(=O)(=O)C=Cc2ccccc2Cl)C1. The molecule has 116 valence electrons. The van der Waals surface area contributed by atoms with Crippen LogP contribution in [0, 0.1) is 5.92 Å². The van der Waals surface area contributed by atoms with Crippen molar-refractivity contribution < 1.29 is 8.42 Å². The molecule has 1 saturated heterocycles. The fourth-order valence-corrected chi connectivity index (χ4v) is 3.58. The van der Waals surface area contributed by atoms with E-state index in [2.05, 4.69) is 16.7 Å². The second-order valence-electron chi connectivity index (χ2n) is 5.49. The maximum absolute atomic E-state index is 12.0. The smallest absolute Gasteiger partial charge is 0.233 e. The quantitative estimate of drug-likeness (QED) is 0.903. The third kappa shape index (κ3) is 5.43. The van der Waals surface area contributed by atoms with Crippen LogP contribution in [0.2, 0.25) is 5.02 Å². The molecule has 1 fully saturated rings. The van der Waals surface area contributed by atoms with Crippen LogP contribution in [0.3, 0.4) is 0 Å². The van der Waals surface area contributed by atoms with E-state index in [-0.39, 0.29) is 0 Å². The molecule has 1 unspecified atom stereocenters. The van der Waals surface area contributed by atoms with Gasteiger partial charge < -0.3 is 4.90 Å². The van der Waals surface area contributed by atoms with Crippen LogP contribution in [-0.4, -0.2) is 40.0 Å². The lowest BCUT2D eigenvalue weighted by Crippen LogP contribution is -2.38. The zero-order chi connectivity index (χ0) is 15.3. The Hall–Kier alpha value is -0.880. The minimum Gasteiger partial charge on any atom is -0.306 e. The van der Waals surface area contributed by atoms with Crippen LogP contribution in [0.5, 0.6) is 0 Å². The topological polar surface area (TPSA) is 49.4 Å². The molecular weight excluding hydrogens is 308 g/mol. The van der Waals surface area contributed by atoms with Gasteiger partial charge in [0.05, 0.1) is 0 Å². The molecule has 0 radical (unpaired) electrons. The van der Waals surface area contributed by atoms with Gasteiger partial charge in [0.1, 0.15) is 0 Å². The summed E-state index contributed by atoms with van der Waals surface area (Å²) in [5.74, 6) is 0.382. The largest absolute Gasteiger partial charge is 0.306 e. The zero-order valence-corrected chi connectivity index (χ0v) is 13.7. The molecule has 2 rings (SSSR count). The molecule has 0 saturated carbocycles. The average Bonchev–Trinajstić information content (AvgIpc) is 2.45. The monoisotopic (exact) mass is 328 g/mol. The molecule has 1 aromatic carbocycles. The number of benzene rings is 1. The van der Waals surface area contributed by atoms with Crippen molar-refractivity contribution in [3.63, 3.8) is 0 Å². The average molecular weight is 329 g/mol. The van der Waals surface area contributed by atoms with E-state index in [9.17, 15) is 8.42 Å². The van der Waals surface area contributed by atoms with Gasteiger partial charge in [-0.25, -0.2) is 13.1 Å². The maximum atomic E-state index is 12.0. The molecule has 1 N–H and O–H groups in total. The minimum absolute atomic E-state index is 0.382. The first-order valence-corrected chi connectivity index (χ1v) is 8.99. The molecule has 4 nitrogen and oxygen atoms in total. The van der Waals surface area contributed by atoms with Crippen LogP contribution in [0.25, 0.3) is 6.08 Å². The van der Waals surface area contributed by atoms with E-state index < -0.39 is 10.0 Å². The van der Waals surface area contributed by atoms with E-state index >= 15 is 0 Å². The van der Waals surface area contributed by atoms with Crippen molar-refractivity contribution in [3.05, 3.63) is 40.3 Å². The highest BCUT2D eigenvalue weighted by molar-refractivity contribution is 7.92. The normalized spacial score (nSPS) is 21.0. The standard InChI is InChI=1S/C15H21ClN2O2S/c1-18-9-4-5-13(12-18)11-17-21(19,20)10-8-14-6-2-3-7-15(14)16/h2-3,6-8,10,13,17H,4-5,9,11-12H2,1H3. The first-order chi connectivity index (χ1) is 9.96. The number of rotatable bonds is 5. The Bertz CT molecular complexity index is 601. The Morgan fingerprint density at radius 3 is 2.90 bits per heavy atom. The maximum Gasteiger partial charge on any atom is 0.233 e. The summed E-state index contributed by atoms with van der Waals surface area (Å²) in [6, 6.07) is 7.15. The summed E-state index contributed by atoms with van der Waals surface area (Å²) in [4.78, 5) is 2.24. The van der Waals surface area contributed by atoms with Gasteiger partial charge in [0.15, 0.2) is 0 Å². The van der Waals surface area contributed by atoms with Crippen LogP contribution in [0.4, 0.5) is 0 Å². The summed E-state index contributed by atoms with van der Waals surface area (Å²) in [7, 11) is -1.35. The Kier molecular flexibility index (Phi) is 5.81. The van der Waals surface area contributed by atoms with Crippen LogP contribution >= 0.6 is 11.6 Å². The van der Waals surface area contributed by atoms with Gasteiger partial charge in [0.2, 0.25) is 10.0 Å². The fourth-order valence-electron chi connectivity index (χ4n) is 2.50.